The Labute approximate surface area is 96.4 Å². The van der Waals surface area contributed by atoms with Crippen LogP contribution in [0.15, 0.2) is 12.3 Å². The van der Waals surface area contributed by atoms with Crippen molar-refractivity contribution in [3.8, 4) is 0 Å². The second-order valence-corrected chi connectivity index (χ2v) is 4.46. The Hall–Kier alpha value is -0.400. The quantitative estimate of drug-likeness (QED) is 0.758. The van der Waals surface area contributed by atoms with Gasteiger partial charge in [-0.3, -0.25) is 0 Å². The Morgan fingerprint density at radius 3 is 3.21 bits per heavy atom. The lowest BCUT2D eigenvalue weighted by atomic mass is 10.1. The predicted octanol–water partition coefficient (Wildman–Crippen LogP) is 0.929. The summed E-state index contributed by atoms with van der Waals surface area (Å²) in [4.78, 5) is 4.13. The molecule has 1 fully saturated rings. The van der Waals surface area contributed by atoms with Gasteiger partial charge < -0.3 is 15.8 Å². The van der Waals surface area contributed by atoms with E-state index in [1.807, 2.05) is 0 Å². The summed E-state index contributed by atoms with van der Waals surface area (Å²) in [5.41, 5.74) is 6.85. The topological polar surface area (TPSA) is 60.2 Å². The third-order valence-electron chi connectivity index (χ3n) is 2.21. The number of nitrogens with one attached hydrogen (secondary N) is 1. The number of nitrogens with two attached hydrogens (primary N) is 1. The molecular weight excluding hydrogens is 293 g/mol. The summed E-state index contributed by atoms with van der Waals surface area (Å²) >= 11 is 2.23. The smallest absolute Gasteiger partial charge is 0.128 e. The van der Waals surface area contributed by atoms with E-state index in [0.29, 0.717) is 12.4 Å². The molecule has 76 valence electrons. The Bertz CT molecular complexity index is 326. The van der Waals surface area contributed by atoms with Crippen LogP contribution in [0.4, 0.5) is 5.82 Å². The average molecular weight is 305 g/mol. The highest BCUT2D eigenvalue weighted by Crippen LogP contribution is 2.22. The summed E-state index contributed by atoms with van der Waals surface area (Å²) < 4.78 is 6.48. The van der Waals surface area contributed by atoms with Gasteiger partial charge in [0.25, 0.3) is 0 Å². The summed E-state index contributed by atoms with van der Waals surface area (Å²) in [6.07, 6.45) is 1.77. The molecule has 0 amide bonds. The van der Waals surface area contributed by atoms with E-state index in [-0.39, 0.29) is 6.04 Å². The Kier molecular flexibility index (Phi) is 3.19. The normalized spacial score (nSPS) is 22.2. The predicted molar refractivity (Wildman–Crippen MR) is 62.9 cm³/mol. The van der Waals surface area contributed by atoms with Crippen molar-refractivity contribution in [3.05, 3.63) is 21.4 Å². The van der Waals surface area contributed by atoms with Gasteiger partial charge in [-0.1, -0.05) is 0 Å². The molecule has 0 spiro atoms. The second-order valence-electron chi connectivity index (χ2n) is 3.21. The van der Waals surface area contributed by atoms with E-state index in [9.17, 15) is 0 Å². The van der Waals surface area contributed by atoms with Gasteiger partial charge in [-0.15, -0.1) is 0 Å². The maximum Gasteiger partial charge on any atom is 0.128 e. The van der Waals surface area contributed by atoms with Crippen molar-refractivity contribution in [2.45, 2.75) is 6.04 Å². The van der Waals surface area contributed by atoms with Gasteiger partial charge in [-0.2, -0.15) is 0 Å². The summed E-state index contributed by atoms with van der Waals surface area (Å²) in [6.45, 7) is 2.31. The lowest BCUT2D eigenvalue weighted by molar-refractivity contribution is 0.0770. The zero-order valence-corrected chi connectivity index (χ0v) is 9.82. The molecule has 1 aromatic rings. The molecule has 5 heteroatoms. The lowest BCUT2D eigenvalue weighted by Crippen LogP contribution is -2.35. The van der Waals surface area contributed by atoms with E-state index in [4.69, 9.17) is 10.5 Å². The molecule has 0 bridgehead atoms. The number of pyridine rings is 1. The number of hydrogen-bond acceptors (Lipinski definition) is 4. The Balaban J connectivity index is 2.24. The van der Waals surface area contributed by atoms with Gasteiger partial charge >= 0.3 is 0 Å². The first-order chi connectivity index (χ1) is 6.77. The van der Waals surface area contributed by atoms with Gasteiger partial charge in [0.05, 0.1) is 19.3 Å². The Morgan fingerprint density at radius 1 is 1.64 bits per heavy atom. The van der Waals surface area contributed by atoms with Crippen molar-refractivity contribution < 1.29 is 4.74 Å². The summed E-state index contributed by atoms with van der Waals surface area (Å²) in [6, 6.07) is 2.24. The first kappa shape index (κ1) is 10.1. The first-order valence-electron chi connectivity index (χ1n) is 4.49. The number of rotatable bonds is 1. The van der Waals surface area contributed by atoms with Gasteiger partial charge in [0.1, 0.15) is 5.82 Å². The van der Waals surface area contributed by atoms with Gasteiger partial charge in [0, 0.05) is 21.9 Å². The van der Waals surface area contributed by atoms with Crippen LogP contribution >= 0.6 is 22.6 Å². The number of morpholine rings is 1. The van der Waals surface area contributed by atoms with E-state index in [1.54, 1.807) is 6.20 Å². The van der Waals surface area contributed by atoms with E-state index in [1.165, 1.54) is 0 Å². The molecule has 0 unspecified atom stereocenters. The van der Waals surface area contributed by atoms with Gasteiger partial charge in [-0.05, 0) is 28.7 Å². The van der Waals surface area contributed by atoms with Crippen LogP contribution in [0.2, 0.25) is 0 Å². The van der Waals surface area contributed by atoms with E-state index in [0.717, 1.165) is 22.3 Å². The molecule has 1 saturated heterocycles. The fourth-order valence-corrected chi connectivity index (χ4v) is 1.98. The molecule has 0 aliphatic carbocycles. The van der Waals surface area contributed by atoms with Crippen LogP contribution in [-0.2, 0) is 4.74 Å². The van der Waals surface area contributed by atoms with Crippen molar-refractivity contribution in [3.63, 3.8) is 0 Å². The molecule has 0 aromatic carbocycles. The minimum absolute atomic E-state index is 0.186. The standard InChI is InChI=1S/C9H12IN3O/c10-6-3-7(9(11)13-4-6)8-5-14-2-1-12-8/h3-4,8,12H,1-2,5H2,(H2,11,13)/t8-/m0/s1. The number of nitrogens with zero attached hydrogens (tertiary/aromatic N) is 1. The molecule has 1 aromatic heterocycles. The Morgan fingerprint density at radius 2 is 2.50 bits per heavy atom. The third-order valence-corrected chi connectivity index (χ3v) is 2.80. The number of hydrogen-bond donors (Lipinski definition) is 2. The highest BCUT2D eigenvalue weighted by atomic mass is 127. The van der Waals surface area contributed by atoms with Crippen molar-refractivity contribution >= 4 is 28.4 Å². The fraction of sp³-hybridized carbons (Fsp3) is 0.444. The van der Waals surface area contributed by atoms with Crippen LogP contribution in [0.25, 0.3) is 0 Å². The summed E-state index contributed by atoms with van der Waals surface area (Å²) in [5, 5.41) is 3.36. The molecular formula is C9H12IN3O. The molecule has 1 aliphatic heterocycles. The van der Waals surface area contributed by atoms with Crippen molar-refractivity contribution in [1.29, 1.82) is 0 Å². The van der Waals surface area contributed by atoms with Crippen LogP contribution in [0, 0.1) is 3.57 Å². The van der Waals surface area contributed by atoms with Crippen molar-refractivity contribution in [2.24, 2.45) is 0 Å². The van der Waals surface area contributed by atoms with E-state index >= 15 is 0 Å². The number of ether oxygens (including phenoxy) is 1. The number of anilines is 1. The van der Waals surface area contributed by atoms with E-state index < -0.39 is 0 Å². The lowest BCUT2D eigenvalue weighted by Gasteiger charge is -2.24. The number of aromatic nitrogens is 1. The third kappa shape index (κ3) is 2.15. The number of halogens is 1. The molecule has 0 radical (unpaired) electrons. The molecule has 2 heterocycles. The summed E-state index contributed by atoms with van der Waals surface area (Å²) in [7, 11) is 0. The highest BCUT2D eigenvalue weighted by molar-refractivity contribution is 14.1. The van der Waals surface area contributed by atoms with Crippen LogP contribution < -0.4 is 11.1 Å². The fourth-order valence-electron chi connectivity index (χ4n) is 1.51. The first-order valence-corrected chi connectivity index (χ1v) is 5.57. The van der Waals surface area contributed by atoms with Crippen LogP contribution in [0.1, 0.15) is 11.6 Å². The van der Waals surface area contributed by atoms with Gasteiger partial charge in [-0.25, -0.2) is 4.98 Å². The zero-order valence-electron chi connectivity index (χ0n) is 7.66. The molecule has 1 atom stereocenters. The molecule has 3 N–H and O–H groups in total. The van der Waals surface area contributed by atoms with Gasteiger partial charge in [0.15, 0.2) is 0 Å². The minimum atomic E-state index is 0.186. The largest absolute Gasteiger partial charge is 0.383 e. The monoisotopic (exact) mass is 305 g/mol. The van der Waals surface area contributed by atoms with E-state index in [2.05, 4.69) is 39.0 Å². The van der Waals surface area contributed by atoms with Crippen LogP contribution in [-0.4, -0.2) is 24.7 Å². The van der Waals surface area contributed by atoms with Gasteiger partial charge in [0.2, 0.25) is 0 Å². The maximum absolute atomic E-state index is 5.81. The molecule has 14 heavy (non-hydrogen) atoms. The minimum Gasteiger partial charge on any atom is -0.383 e. The van der Waals surface area contributed by atoms with Crippen LogP contribution in [0.3, 0.4) is 0 Å². The van der Waals surface area contributed by atoms with Crippen molar-refractivity contribution in [2.75, 3.05) is 25.5 Å². The molecule has 1 aliphatic rings. The van der Waals surface area contributed by atoms with Crippen molar-refractivity contribution in [1.82, 2.24) is 10.3 Å². The second kappa shape index (κ2) is 4.41. The average Bonchev–Trinajstić information content (AvgIpc) is 2.23. The maximum atomic E-state index is 5.81. The molecule has 2 rings (SSSR count). The molecule has 4 nitrogen and oxygen atoms in total. The zero-order chi connectivity index (χ0) is 9.97. The SMILES string of the molecule is Nc1ncc(I)cc1[C@@H]1COCCN1. The number of nitrogen functional groups attached to an aromatic ring is 1. The molecule has 0 saturated carbocycles. The van der Waals surface area contributed by atoms with Crippen LogP contribution in [0.5, 0.6) is 0 Å². The highest BCUT2D eigenvalue weighted by Gasteiger charge is 2.18. The summed E-state index contributed by atoms with van der Waals surface area (Å²) in [5.74, 6) is 0.591.